The van der Waals surface area contributed by atoms with Crippen molar-refractivity contribution in [3.8, 4) is 0 Å². The maximum atomic E-state index is 12.1. The first-order valence-corrected chi connectivity index (χ1v) is 8.20. The summed E-state index contributed by atoms with van der Waals surface area (Å²) in [6, 6.07) is 7.61. The van der Waals surface area contributed by atoms with Crippen LogP contribution in [-0.4, -0.2) is 44.3 Å². The molecular weight excluding hydrogens is 334 g/mol. The molecule has 1 aromatic carbocycles. The average Bonchev–Trinajstić information content (AvgIpc) is 3.31. The number of amides is 2. The fourth-order valence-electron chi connectivity index (χ4n) is 2.46. The Labute approximate surface area is 151 Å². The van der Waals surface area contributed by atoms with Crippen LogP contribution >= 0.6 is 0 Å². The van der Waals surface area contributed by atoms with Gasteiger partial charge in [0, 0.05) is 19.9 Å². The third kappa shape index (κ3) is 4.90. The maximum Gasteiger partial charge on any atom is 0.319 e. The number of ether oxygens (including phenoxy) is 1. The molecule has 2 heterocycles. The number of hydrogen-bond donors (Lipinski definition) is 2. The van der Waals surface area contributed by atoms with Gasteiger partial charge in [0.05, 0.1) is 31.6 Å². The van der Waals surface area contributed by atoms with Gasteiger partial charge in [-0.05, 0) is 11.1 Å². The minimum atomic E-state index is -0.285. The van der Waals surface area contributed by atoms with Crippen LogP contribution in [0.25, 0.3) is 0 Å². The smallest absolute Gasteiger partial charge is 0.319 e. The van der Waals surface area contributed by atoms with E-state index in [1.165, 1.54) is 6.33 Å². The average molecular weight is 355 g/mol. The lowest BCUT2D eigenvalue weighted by molar-refractivity contribution is 0.183. The fourth-order valence-corrected chi connectivity index (χ4v) is 2.46. The van der Waals surface area contributed by atoms with Crippen molar-refractivity contribution in [1.29, 1.82) is 0 Å². The number of urea groups is 1. The van der Waals surface area contributed by atoms with Crippen LogP contribution in [0.5, 0.6) is 0 Å². The zero-order valence-corrected chi connectivity index (χ0v) is 14.5. The molecular formula is C17H21N7O2. The largest absolute Gasteiger partial charge is 0.383 e. The summed E-state index contributed by atoms with van der Waals surface area (Å²) in [6.45, 7) is 2.21. The van der Waals surface area contributed by atoms with E-state index in [0.29, 0.717) is 31.9 Å². The van der Waals surface area contributed by atoms with Crippen molar-refractivity contribution < 1.29 is 9.53 Å². The van der Waals surface area contributed by atoms with Crippen molar-refractivity contribution in [2.24, 2.45) is 0 Å². The molecule has 0 aliphatic carbocycles. The topological polar surface area (TPSA) is 98.9 Å². The molecule has 0 bridgehead atoms. The second kappa shape index (κ2) is 8.77. The molecule has 0 spiro atoms. The molecule has 9 nitrogen and oxygen atoms in total. The van der Waals surface area contributed by atoms with Crippen molar-refractivity contribution >= 4 is 11.7 Å². The Kier molecular flexibility index (Phi) is 5.94. The zero-order valence-electron chi connectivity index (χ0n) is 14.5. The van der Waals surface area contributed by atoms with Crippen molar-refractivity contribution in [1.82, 2.24) is 29.9 Å². The van der Waals surface area contributed by atoms with E-state index < -0.39 is 0 Å². The van der Waals surface area contributed by atoms with Gasteiger partial charge in [-0.25, -0.2) is 14.5 Å². The molecule has 2 amide bonds. The highest BCUT2D eigenvalue weighted by Crippen LogP contribution is 2.10. The van der Waals surface area contributed by atoms with Crippen molar-refractivity contribution in [2.75, 3.05) is 19.0 Å². The number of anilines is 1. The monoisotopic (exact) mass is 355 g/mol. The van der Waals surface area contributed by atoms with Gasteiger partial charge in [0.25, 0.3) is 0 Å². The lowest BCUT2D eigenvalue weighted by Gasteiger charge is -2.11. The van der Waals surface area contributed by atoms with Crippen LogP contribution in [0.1, 0.15) is 11.1 Å². The number of nitrogens with one attached hydrogen (secondary N) is 2. The molecule has 0 radical (unpaired) electrons. The van der Waals surface area contributed by atoms with Crippen LogP contribution < -0.4 is 10.6 Å². The summed E-state index contributed by atoms with van der Waals surface area (Å²) >= 11 is 0. The lowest BCUT2D eigenvalue weighted by atomic mass is 10.1. The van der Waals surface area contributed by atoms with E-state index in [4.69, 9.17) is 4.74 Å². The van der Waals surface area contributed by atoms with E-state index >= 15 is 0 Å². The van der Waals surface area contributed by atoms with Gasteiger partial charge in [0.15, 0.2) is 0 Å². The normalized spacial score (nSPS) is 10.7. The van der Waals surface area contributed by atoms with Gasteiger partial charge in [0.2, 0.25) is 0 Å². The molecule has 2 N–H and O–H groups in total. The van der Waals surface area contributed by atoms with Gasteiger partial charge >= 0.3 is 6.03 Å². The zero-order chi connectivity index (χ0) is 18.2. The summed E-state index contributed by atoms with van der Waals surface area (Å²) in [5.74, 6) is 0. The standard InChI is InChI=1S/C17H21N7O2/c1-26-7-6-23-11-16(9-20-23)22-17(25)19-8-14-4-2-3-5-15(14)10-24-13-18-12-21-24/h2-5,9,11-13H,6-8,10H2,1H3,(H2,19,22,25). The highest BCUT2D eigenvalue weighted by Gasteiger charge is 2.07. The molecule has 0 fully saturated rings. The van der Waals surface area contributed by atoms with Gasteiger partial charge in [-0.3, -0.25) is 4.68 Å². The lowest BCUT2D eigenvalue weighted by Crippen LogP contribution is -2.28. The van der Waals surface area contributed by atoms with Gasteiger partial charge < -0.3 is 15.4 Å². The Hall–Kier alpha value is -3.20. The molecule has 0 saturated carbocycles. The highest BCUT2D eigenvalue weighted by molar-refractivity contribution is 5.88. The van der Waals surface area contributed by atoms with Crippen molar-refractivity contribution in [2.45, 2.75) is 19.6 Å². The number of benzene rings is 1. The fraction of sp³-hybridized carbons (Fsp3) is 0.294. The van der Waals surface area contributed by atoms with Crippen molar-refractivity contribution in [3.05, 3.63) is 60.4 Å². The molecule has 0 aliphatic heterocycles. The number of carbonyl (C=O) groups excluding carboxylic acids is 1. The van der Waals surface area contributed by atoms with Gasteiger partial charge in [-0.1, -0.05) is 24.3 Å². The summed E-state index contributed by atoms with van der Waals surface area (Å²) in [5.41, 5.74) is 2.73. The molecule has 136 valence electrons. The van der Waals surface area contributed by atoms with E-state index in [2.05, 4.69) is 25.8 Å². The Bertz CT molecular complexity index is 829. The number of methoxy groups -OCH3 is 1. The Balaban J connectivity index is 1.54. The quantitative estimate of drug-likeness (QED) is 0.638. The summed E-state index contributed by atoms with van der Waals surface area (Å²) in [4.78, 5) is 16.1. The minimum Gasteiger partial charge on any atom is -0.383 e. The number of nitrogens with zero attached hydrogens (tertiary/aromatic N) is 5. The van der Waals surface area contributed by atoms with Gasteiger partial charge in [0.1, 0.15) is 12.7 Å². The van der Waals surface area contributed by atoms with E-state index in [1.54, 1.807) is 35.2 Å². The summed E-state index contributed by atoms with van der Waals surface area (Å²) in [5, 5.41) is 13.9. The molecule has 2 aromatic heterocycles. The van der Waals surface area contributed by atoms with E-state index in [9.17, 15) is 4.79 Å². The molecule has 3 rings (SSSR count). The minimum absolute atomic E-state index is 0.285. The van der Waals surface area contributed by atoms with Crippen LogP contribution in [0.15, 0.2) is 49.3 Å². The Morgan fingerprint density at radius 2 is 2.04 bits per heavy atom. The second-order valence-corrected chi connectivity index (χ2v) is 5.65. The van der Waals surface area contributed by atoms with Crippen LogP contribution in [-0.2, 0) is 24.4 Å². The van der Waals surface area contributed by atoms with E-state index in [1.807, 2.05) is 24.3 Å². The molecule has 0 unspecified atom stereocenters. The van der Waals surface area contributed by atoms with Crippen LogP contribution in [0.2, 0.25) is 0 Å². The summed E-state index contributed by atoms with van der Waals surface area (Å²) in [6.07, 6.45) is 6.53. The number of rotatable bonds is 8. The summed E-state index contributed by atoms with van der Waals surface area (Å²) < 4.78 is 8.46. The predicted octanol–water partition coefficient (Wildman–Crippen LogP) is 1.49. The van der Waals surface area contributed by atoms with E-state index in [0.717, 1.165) is 11.1 Å². The first-order valence-electron chi connectivity index (χ1n) is 8.20. The number of aromatic nitrogens is 5. The van der Waals surface area contributed by atoms with Crippen LogP contribution in [0.4, 0.5) is 10.5 Å². The van der Waals surface area contributed by atoms with E-state index in [-0.39, 0.29) is 6.03 Å². The second-order valence-electron chi connectivity index (χ2n) is 5.65. The Morgan fingerprint density at radius 3 is 2.81 bits per heavy atom. The third-order valence-corrected chi connectivity index (χ3v) is 3.77. The van der Waals surface area contributed by atoms with Crippen LogP contribution in [0, 0.1) is 0 Å². The number of hydrogen-bond acceptors (Lipinski definition) is 5. The van der Waals surface area contributed by atoms with Crippen molar-refractivity contribution in [3.63, 3.8) is 0 Å². The maximum absolute atomic E-state index is 12.1. The molecule has 0 aliphatic rings. The van der Waals surface area contributed by atoms with Gasteiger partial charge in [-0.2, -0.15) is 10.2 Å². The SMILES string of the molecule is COCCn1cc(NC(=O)NCc2ccccc2Cn2cncn2)cn1. The first kappa shape index (κ1) is 17.6. The molecule has 9 heteroatoms. The molecule has 26 heavy (non-hydrogen) atoms. The third-order valence-electron chi connectivity index (χ3n) is 3.77. The Morgan fingerprint density at radius 1 is 1.19 bits per heavy atom. The first-order chi connectivity index (χ1) is 12.7. The molecule has 3 aromatic rings. The van der Waals surface area contributed by atoms with Gasteiger partial charge in [-0.15, -0.1) is 0 Å². The number of carbonyl (C=O) groups is 1. The molecule has 0 saturated heterocycles. The summed E-state index contributed by atoms with van der Waals surface area (Å²) in [7, 11) is 1.64. The predicted molar refractivity (Wildman–Crippen MR) is 95.5 cm³/mol. The molecule has 0 atom stereocenters. The highest BCUT2D eigenvalue weighted by atomic mass is 16.5. The van der Waals surface area contributed by atoms with Crippen LogP contribution in [0.3, 0.4) is 0 Å².